The first-order chi connectivity index (χ1) is 8.27. The summed E-state index contributed by atoms with van der Waals surface area (Å²) in [7, 11) is 1.72. The van der Waals surface area contributed by atoms with Crippen molar-refractivity contribution >= 4 is 0 Å². The molecule has 0 aromatic heterocycles. The van der Waals surface area contributed by atoms with Gasteiger partial charge in [-0.05, 0) is 31.9 Å². The number of benzene rings is 1. The van der Waals surface area contributed by atoms with E-state index in [0.29, 0.717) is 12.6 Å². The van der Waals surface area contributed by atoms with E-state index in [1.807, 2.05) is 19.1 Å². The molecule has 0 aliphatic carbocycles. The van der Waals surface area contributed by atoms with E-state index in [4.69, 9.17) is 9.47 Å². The fourth-order valence-corrected chi connectivity index (χ4v) is 1.78. The number of hydrogen-bond acceptors (Lipinski definition) is 3. The Morgan fingerprint density at radius 3 is 2.76 bits per heavy atom. The lowest BCUT2D eigenvalue weighted by Gasteiger charge is -2.16. The van der Waals surface area contributed by atoms with Crippen molar-refractivity contribution in [3.05, 3.63) is 29.8 Å². The second-order valence-corrected chi connectivity index (χ2v) is 4.09. The highest BCUT2D eigenvalue weighted by atomic mass is 16.5. The molecule has 1 N–H and O–H groups in total. The van der Waals surface area contributed by atoms with Gasteiger partial charge in [-0.2, -0.15) is 0 Å². The second-order valence-electron chi connectivity index (χ2n) is 4.09. The fraction of sp³-hybridized carbons (Fsp3) is 0.571. The lowest BCUT2D eigenvalue weighted by Crippen LogP contribution is -2.31. The molecule has 0 fully saturated rings. The summed E-state index contributed by atoms with van der Waals surface area (Å²) >= 11 is 0. The van der Waals surface area contributed by atoms with Crippen LogP contribution in [-0.2, 0) is 11.2 Å². The molecule has 1 unspecified atom stereocenters. The highest BCUT2D eigenvalue weighted by molar-refractivity contribution is 5.33. The van der Waals surface area contributed by atoms with Crippen LogP contribution < -0.4 is 10.1 Å². The number of rotatable bonds is 8. The summed E-state index contributed by atoms with van der Waals surface area (Å²) in [6.07, 6.45) is 0.972. The van der Waals surface area contributed by atoms with E-state index in [1.165, 1.54) is 5.56 Å². The van der Waals surface area contributed by atoms with Gasteiger partial charge in [0.25, 0.3) is 0 Å². The predicted octanol–water partition coefficient (Wildman–Crippen LogP) is 2.25. The lowest BCUT2D eigenvalue weighted by molar-refractivity contribution is 0.196. The van der Waals surface area contributed by atoms with Crippen molar-refractivity contribution in [1.29, 1.82) is 0 Å². The summed E-state index contributed by atoms with van der Waals surface area (Å²) in [6.45, 7) is 6.53. The molecule has 0 amide bonds. The Balaban J connectivity index is 2.48. The number of nitrogens with one attached hydrogen (secondary N) is 1. The van der Waals surface area contributed by atoms with Gasteiger partial charge in [-0.3, -0.25) is 0 Å². The van der Waals surface area contributed by atoms with Crippen molar-refractivity contribution in [2.24, 2.45) is 0 Å². The zero-order valence-corrected chi connectivity index (χ0v) is 11.0. The molecular weight excluding hydrogens is 214 g/mol. The van der Waals surface area contributed by atoms with Crippen LogP contribution in [0.2, 0.25) is 0 Å². The van der Waals surface area contributed by atoms with Gasteiger partial charge in [-0.1, -0.05) is 18.2 Å². The van der Waals surface area contributed by atoms with Crippen LogP contribution in [0.5, 0.6) is 5.75 Å². The zero-order valence-electron chi connectivity index (χ0n) is 11.0. The third-order valence-electron chi connectivity index (χ3n) is 2.60. The van der Waals surface area contributed by atoms with Gasteiger partial charge in [0.15, 0.2) is 0 Å². The summed E-state index contributed by atoms with van der Waals surface area (Å²) in [5.41, 5.74) is 1.26. The van der Waals surface area contributed by atoms with Gasteiger partial charge < -0.3 is 14.8 Å². The largest absolute Gasteiger partial charge is 0.494 e. The van der Waals surface area contributed by atoms with Gasteiger partial charge in [0.2, 0.25) is 0 Å². The maximum Gasteiger partial charge on any atom is 0.122 e. The molecule has 0 spiro atoms. The third kappa shape index (κ3) is 5.20. The molecule has 1 aromatic carbocycles. The molecule has 1 aromatic rings. The minimum Gasteiger partial charge on any atom is -0.494 e. The Hall–Kier alpha value is -1.06. The lowest BCUT2D eigenvalue weighted by atomic mass is 10.1. The van der Waals surface area contributed by atoms with Crippen molar-refractivity contribution in [1.82, 2.24) is 5.32 Å². The average Bonchev–Trinajstić information content (AvgIpc) is 2.32. The minimum absolute atomic E-state index is 0.423. The van der Waals surface area contributed by atoms with Crippen molar-refractivity contribution < 1.29 is 9.47 Å². The van der Waals surface area contributed by atoms with Crippen molar-refractivity contribution in [2.45, 2.75) is 26.3 Å². The van der Waals surface area contributed by atoms with Crippen LogP contribution >= 0.6 is 0 Å². The molecule has 96 valence electrons. The highest BCUT2D eigenvalue weighted by Crippen LogP contribution is 2.19. The molecule has 17 heavy (non-hydrogen) atoms. The summed E-state index contributed by atoms with van der Waals surface area (Å²) < 4.78 is 10.6. The van der Waals surface area contributed by atoms with E-state index in [1.54, 1.807) is 7.11 Å². The van der Waals surface area contributed by atoms with E-state index in [2.05, 4.69) is 24.4 Å². The zero-order chi connectivity index (χ0) is 12.5. The van der Waals surface area contributed by atoms with E-state index in [9.17, 15) is 0 Å². The van der Waals surface area contributed by atoms with Crippen molar-refractivity contribution in [3.8, 4) is 5.75 Å². The van der Waals surface area contributed by atoms with Gasteiger partial charge in [-0.25, -0.2) is 0 Å². The summed E-state index contributed by atoms with van der Waals surface area (Å²) in [5.74, 6) is 0.996. The van der Waals surface area contributed by atoms with E-state index in [0.717, 1.165) is 25.3 Å². The molecule has 1 atom stereocenters. The van der Waals surface area contributed by atoms with Gasteiger partial charge in [-0.15, -0.1) is 0 Å². The third-order valence-corrected chi connectivity index (χ3v) is 2.60. The Bertz CT molecular complexity index is 315. The molecule has 0 aliphatic rings. The van der Waals surface area contributed by atoms with Crippen LogP contribution in [-0.4, -0.2) is 32.9 Å². The van der Waals surface area contributed by atoms with E-state index >= 15 is 0 Å². The maximum atomic E-state index is 5.61. The Labute approximate surface area is 104 Å². The van der Waals surface area contributed by atoms with Gasteiger partial charge >= 0.3 is 0 Å². The Kier molecular flexibility index (Phi) is 6.67. The minimum atomic E-state index is 0.423. The molecule has 0 saturated carbocycles. The molecule has 1 rings (SSSR count). The Morgan fingerprint density at radius 1 is 1.29 bits per heavy atom. The monoisotopic (exact) mass is 237 g/mol. The molecule has 0 bridgehead atoms. The maximum absolute atomic E-state index is 5.61. The van der Waals surface area contributed by atoms with Gasteiger partial charge in [0.1, 0.15) is 5.75 Å². The Morgan fingerprint density at radius 2 is 2.06 bits per heavy atom. The normalized spacial score (nSPS) is 12.4. The highest BCUT2D eigenvalue weighted by Gasteiger charge is 2.07. The molecule has 0 saturated heterocycles. The SMILES string of the molecule is CCOc1ccccc1CC(C)NCCOC. The van der Waals surface area contributed by atoms with Crippen molar-refractivity contribution in [3.63, 3.8) is 0 Å². The van der Waals surface area contributed by atoms with E-state index < -0.39 is 0 Å². The summed E-state index contributed by atoms with van der Waals surface area (Å²) in [5, 5.41) is 3.42. The molecular formula is C14H23NO2. The fourth-order valence-electron chi connectivity index (χ4n) is 1.78. The molecule has 0 radical (unpaired) electrons. The average molecular weight is 237 g/mol. The molecule has 3 nitrogen and oxygen atoms in total. The molecule has 3 heteroatoms. The first kappa shape index (κ1) is 14.0. The first-order valence-corrected chi connectivity index (χ1v) is 6.21. The number of ether oxygens (including phenoxy) is 2. The first-order valence-electron chi connectivity index (χ1n) is 6.21. The molecule has 0 aliphatic heterocycles. The topological polar surface area (TPSA) is 30.5 Å². The quantitative estimate of drug-likeness (QED) is 0.703. The number of methoxy groups -OCH3 is 1. The standard InChI is InChI=1S/C14H23NO2/c1-4-17-14-8-6-5-7-13(14)11-12(2)15-9-10-16-3/h5-8,12,15H,4,9-11H2,1-3H3. The van der Waals surface area contributed by atoms with Crippen LogP contribution in [0.1, 0.15) is 19.4 Å². The summed E-state index contributed by atoms with van der Waals surface area (Å²) in [6, 6.07) is 8.64. The van der Waals surface area contributed by atoms with Gasteiger partial charge in [0.05, 0.1) is 13.2 Å². The van der Waals surface area contributed by atoms with Crippen LogP contribution in [0.25, 0.3) is 0 Å². The molecule has 0 heterocycles. The van der Waals surface area contributed by atoms with E-state index in [-0.39, 0.29) is 0 Å². The van der Waals surface area contributed by atoms with Gasteiger partial charge in [0, 0.05) is 19.7 Å². The van der Waals surface area contributed by atoms with Crippen LogP contribution in [0.15, 0.2) is 24.3 Å². The second kappa shape index (κ2) is 8.09. The van der Waals surface area contributed by atoms with Crippen LogP contribution in [0.3, 0.4) is 0 Å². The number of hydrogen-bond donors (Lipinski definition) is 1. The van der Waals surface area contributed by atoms with Crippen LogP contribution in [0.4, 0.5) is 0 Å². The van der Waals surface area contributed by atoms with Crippen LogP contribution in [0, 0.1) is 0 Å². The predicted molar refractivity (Wildman–Crippen MR) is 70.7 cm³/mol. The number of para-hydroxylation sites is 1. The van der Waals surface area contributed by atoms with Crippen molar-refractivity contribution in [2.75, 3.05) is 26.9 Å². The summed E-state index contributed by atoms with van der Waals surface area (Å²) in [4.78, 5) is 0. The smallest absolute Gasteiger partial charge is 0.122 e.